The number of oxazole rings is 1. The number of rotatable bonds is 6. The summed E-state index contributed by atoms with van der Waals surface area (Å²) >= 11 is 0. The summed E-state index contributed by atoms with van der Waals surface area (Å²) in [5.74, 6) is 2.34. The minimum Gasteiger partial charge on any atom is -0.444 e. The van der Waals surface area contributed by atoms with Crippen molar-refractivity contribution in [3.8, 4) is 0 Å². The number of nitrogens with zero attached hydrogens (tertiary/aromatic N) is 2. The molecule has 3 rings (SSSR count). The maximum Gasteiger partial charge on any atom is 0.216 e. The number of aliphatic imine (C=N–C) groups is 1. The van der Waals surface area contributed by atoms with Crippen LogP contribution in [0.3, 0.4) is 0 Å². The Kier molecular flexibility index (Phi) is 5.41. The second kappa shape index (κ2) is 7.72. The lowest BCUT2D eigenvalue weighted by atomic mass is 9.64. The third kappa shape index (κ3) is 4.03. The molecule has 0 unspecified atom stereocenters. The van der Waals surface area contributed by atoms with Crippen LogP contribution in [0.25, 0.3) is 0 Å². The summed E-state index contributed by atoms with van der Waals surface area (Å²) in [4.78, 5) is 9.03. The molecule has 0 aliphatic heterocycles. The lowest BCUT2D eigenvalue weighted by Gasteiger charge is -2.43. The van der Waals surface area contributed by atoms with E-state index in [-0.39, 0.29) is 5.41 Å². The predicted molar refractivity (Wildman–Crippen MR) is 101 cm³/mol. The quantitative estimate of drug-likeness (QED) is 0.624. The fourth-order valence-electron chi connectivity index (χ4n) is 3.31. The maximum absolute atomic E-state index is 5.62. The van der Waals surface area contributed by atoms with Gasteiger partial charge in [0.25, 0.3) is 0 Å². The van der Waals surface area contributed by atoms with Gasteiger partial charge in [0.15, 0.2) is 5.96 Å². The van der Waals surface area contributed by atoms with Crippen molar-refractivity contribution in [2.45, 2.75) is 52.0 Å². The third-order valence-electron chi connectivity index (χ3n) is 5.08. The molecular formula is C20H28N4O. The van der Waals surface area contributed by atoms with Gasteiger partial charge >= 0.3 is 0 Å². The van der Waals surface area contributed by atoms with E-state index in [4.69, 9.17) is 4.42 Å². The molecule has 1 fully saturated rings. The fourth-order valence-corrected chi connectivity index (χ4v) is 3.31. The largest absolute Gasteiger partial charge is 0.444 e. The first-order valence-corrected chi connectivity index (χ1v) is 9.13. The molecule has 1 aliphatic carbocycles. The summed E-state index contributed by atoms with van der Waals surface area (Å²) in [5.41, 5.74) is 2.58. The van der Waals surface area contributed by atoms with Crippen molar-refractivity contribution < 1.29 is 4.42 Å². The number of aromatic nitrogens is 1. The molecule has 0 bridgehead atoms. The van der Waals surface area contributed by atoms with Gasteiger partial charge in [0.2, 0.25) is 5.89 Å². The molecule has 1 aliphatic rings. The van der Waals surface area contributed by atoms with Gasteiger partial charge in [-0.2, -0.15) is 0 Å². The molecule has 1 saturated carbocycles. The van der Waals surface area contributed by atoms with Gasteiger partial charge in [-0.25, -0.2) is 9.98 Å². The van der Waals surface area contributed by atoms with Crippen LogP contribution in [0.2, 0.25) is 0 Å². The molecule has 0 atom stereocenters. The van der Waals surface area contributed by atoms with E-state index in [9.17, 15) is 0 Å². The Morgan fingerprint density at radius 3 is 2.52 bits per heavy atom. The number of hydrogen-bond acceptors (Lipinski definition) is 3. The molecule has 1 heterocycles. The summed E-state index contributed by atoms with van der Waals surface area (Å²) in [5, 5.41) is 6.84. The molecule has 1 aromatic heterocycles. The van der Waals surface area contributed by atoms with E-state index in [1.165, 1.54) is 24.8 Å². The first-order chi connectivity index (χ1) is 12.1. The summed E-state index contributed by atoms with van der Waals surface area (Å²) in [7, 11) is 0. The molecule has 0 spiro atoms. The SMILES string of the molecule is CCNC(=NCc1nc(C)c(C)o1)NCC1(c2ccccc2)CCC1. The Morgan fingerprint density at radius 2 is 1.96 bits per heavy atom. The minimum atomic E-state index is 0.230. The summed E-state index contributed by atoms with van der Waals surface area (Å²) in [6, 6.07) is 10.8. The van der Waals surface area contributed by atoms with E-state index in [0.29, 0.717) is 12.4 Å². The summed E-state index contributed by atoms with van der Waals surface area (Å²) < 4.78 is 5.62. The highest BCUT2D eigenvalue weighted by molar-refractivity contribution is 5.79. The van der Waals surface area contributed by atoms with Crippen LogP contribution in [0, 0.1) is 13.8 Å². The van der Waals surface area contributed by atoms with Crippen molar-refractivity contribution in [2.24, 2.45) is 4.99 Å². The Morgan fingerprint density at radius 1 is 1.20 bits per heavy atom. The van der Waals surface area contributed by atoms with Crippen LogP contribution in [-0.2, 0) is 12.0 Å². The average molecular weight is 340 g/mol. The minimum absolute atomic E-state index is 0.230. The molecule has 25 heavy (non-hydrogen) atoms. The number of benzene rings is 1. The van der Waals surface area contributed by atoms with E-state index in [0.717, 1.165) is 30.5 Å². The van der Waals surface area contributed by atoms with Crippen LogP contribution in [-0.4, -0.2) is 24.0 Å². The monoisotopic (exact) mass is 340 g/mol. The van der Waals surface area contributed by atoms with Crippen molar-refractivity contribution in [1.29, 1.82) is 0 Å². The normalized spacial score (nSPS) is 16.4. The third-order valence-corrected chi connectivity index (χ3v) is 5.08. The average Bonchev–Trinajstić information content (AvgIpc) is 2.90. The number of nitrogens with one attached hydrogen (secondary N) is 2. The highest BCUT2D eigenvalue weighted by Crippen LogP contribution is 2.43. The topological polar surface area (TPSA) is 62.5 Å². The Labute approximate surface area is 150 Å². The highest BCUT2D eigenvalue weighted by Gasteiger charge is 2.38. The van der Waals surface area contributed by atoms with Crippen LogP contribution in [0.1, 0.15) is 49.1 Å². The molecule has 2 N–H and O–H groups in total. The van der Waals surface area contributed by atoms with Gasteiger partial charge in [-0.05, 0) is 39.2 Å². The Hall–Kier alpha value is -2.30. The molecule has 2 aromatic rings. The number of aryl methyl sites for hydroxylation is 2. The van der Waals surface area contributed by atoms with Crippen molar-refractivity contribution in [3.63, 3.8) is 0 Å². The molecule has 5 heteroatoms. The summed E-state index contributed by atoms with van der Waals surface area (Å²) in [6.07, 6.45) is 3.74. The van der Waals surface area contributed by atoms with Gasteiger partial charge < -0.3 is 15.1 Å². The highest BCUT2D eigenvalue weighted by atomic mass is 16.4. The van der Waals surface area contributed by atoms with E-state index in [1.807, 2.05) is 13.8 Å². The van der Waals surface area contributed by atoms with Gasteiger partial charge in [0.05, 0.1) is 5.69 Å². The maximum atomic E-state index is 5.62. The molecule has 5 nitrogen and oxygen atoms in total. The van der Waals surface area contributed by atoms with Gasteiger partial charge in [-0.1, -0.05) is 36.8 Å². The van der Waals surface area contributed by atoms with E-state index in [2.05, 4.69) is 57.9 Å². The lowest BCUT2D eigenvalue weighted by Crippen LogP contribution is -2.48. The van der Waals surface area contributed by atoms with Crippen LogP contribution in [0.15, 0.2) is 39.7 Å². The zero-order valence-corrected chi connectivity index (χ0v) is 15.4. The second-order valence-corrected chi connectivity index (χ2v) is 6.80. The van der Waals surface area contributed by atoms with E-state index in [1.54, 1.807) is 0 Å². The van der Waals surface area contributed by atoms with Crippen LogP contribution in [0.4, 0.5) is 0 Å². The van der Waals surface area contributed by atoms with Crippen LogP contribution < -0.4 is 10.6 Å². The predicted octanol–water partition coefficient (Wildman–Crippen LogP) is 3.47. The second-order valence-electron chi connectivity index (χ2n) is 6.80. The van der Waals surface area contributed by atoms with Gasteiger partial charge in [-0.3, -0.25) is 0 Å². The van der Waals surface area contributed by atoms with Gasteiger partial charge in [0.1, 0.15) is 12.3 Å². The van der Waals surface area contributed by atoms with Crippen LogP contribution in [0.5, 0.6) is 0 Å². The van der Waals surface area contributed by atoms with E-state index >= 15 is 0 Å². The first-order valence-electron chi connectivity index (χ1n) is 9.13. The van der Waals surface area contributed by atoms with Gasteiger partial charge in [0, 0.05) is 18.5 Å². The van der Waals surface area contributed by atoms with Crippen molar-refractivity contribution in [1.82, 2.24) is 15.6 Å². The van der Waals surface area contributed by atoms with Crippen molar-refractivity contribution in [2.75, 3.05) is 13.1 Å². The standard InChI is InChI=1S/C20H28N4O/c1-4-21-19(22-13-18-24-15(2)16(3)25-18)23-14-20(11-8-12-20)17-9-6-5-7-10-17/h5-7,9-10H,4,8,11-14H2,1-3H3,(H2,21,22,23). The van der Waals surface area contributed by atoms with Crippen molar-refractivity contribution >= 4 is 5.96 Å². The van der Waals surface area contributed by atoms with Gasteiger partial charge in [-0.15, -0.1) is 0 Å². The fraction of sp³-hybridized carbons (Fsp3) is 0.500. The summed E-state index contributed by atoms with van der Waals surface area (Å²) in [6.45, 7) is 8.13. The first kappa shape index (κ1) is 17.5. The smallest absolute Gasteiger partial charge is 0.216 e. The molecule has 1 aromatic carbocycles. The molecule has 134 valence electrons. The molecule has 0 saturated heterocycles. The number of guanidine groups is 1. The lowest BCUT2D eigenvalue weighted by molar-refractivity contribution is 0.244. The zero-order valence-electron chi connectivity index (χ0n) is 15.4. The van der Waals surface area contributed by atoms with Crippen molar-refractivity contribution in [3.05, 3.63) is 53.2 Å². The van der Waals surface area contributed by atoms with E-state index < -0.39 is 0 Å². The zero-order chi connectivity index (χ0) is 17.7. The molecular weight excluding hydrogens is 312 g/mol. The Balaban J connectivity index is 1.66. The molecule has 0 amide bonds. The Bertz CT molecular complexity index is 697. The van der Waals surface area contributed by atoms with Crippen LogP contribution >= 0.6 is 0 Å². The molecule has 0 radical (unpaired) electrons. The number of hydrogen-bond donors (Lipinski definition) is 2.